The minimum Gasteiger partial charge on any atom is -2.00 e. The molecule has 0 aromatic heterocycles. The maximum atomic E-state index is 8.74. The van der Waals surface area contributed by atoms with Crippen LogP contribution in [0.5, 0.6) is 0 Å². The van der Waals surface area contributed by atoms with Crippen molar-refractivity contribution in [2.75, 3.05) is 0 Å². The second kappa shape index (κ2) is 22.5. The summed E-state index contributed by atoms with van der Waals surface area (Å²) in [6.45, 7) is 0. The van der Waals surface area contributed by atoms with E-state index in [-0.39, 0.29) is 45.9 Å². The van der Waals surface area contributed by atoms with Crippen LogP contribution in [0.2, 0.25) is 0 Å². The van der Waals surface area contributed by atoms with Crippen LogP contribution in [0.3, 0.4) is 0 Å². The van der Waals surface area contributed by atoms with Gasteiger partial charge >= 0.3 is 10.4 Å². The molecule has 0 atom stereocenters. The van der Waals surface area contributed by atoms with E-state index in [2.05, 4.69) is 0 Å². The zero-order valence-electron chi connectivity index (χ0n) is 4.83. The van der Waals surface area contributed by atoms with Crippen molar-refractivity contribution in [3.8, 4) is 0 Å². The summed E-state index contributed by atoms with van der Waals surface area (Å²) in [4.78, 5) is 0. The van der Waals surface area contributed by atoms with E-state index in [1.807, 2.05) is 0 Å². The molecule has 9 nitrogen and oxygen atoms in total. The van der Waals surface area contributed by atoms with Gasteiger partial charge in [-0.1, -0.05) is 0 Å². The normalized spacial score (nSPS) is 5.27. The van der Waals surface area contributed by atoms with Gasteiger partial charge in [0.1, 0.15) is 0 Å². The van der Waals surface area contributed by atoms with Crippen LogP contribution in [0.15, 0.2) is 0 Å². The Morgan fingerprint density at radius 2 is 0.909 bits per heavy atom. The van der Waals surface area contributed by atoms with Gasteiger partial charge in [0.15, 0.2) is 0 Å². The molecule has 11 heavy (non-hydrogen) atoms. The Balaban J connectivity index is -0.00000000533. The van der Waals surface area contributed by atoms with Crippen LogP contribution in [-0.4, -0.2) is 34.0 Å². The second-order valence-corrected chi connectivity index (χ2v) is 1.34. The summed E-state index contributed by atoms with van der Waals surface area (Å²) in [5.74, 6) is 0. The van der Waals surface area contributed by atoms with Crippen molar-refractivity contribution < 1.29 is 63.5 Å². The molecule has 0 spiro atoms. The van der Waals surface area contributed by atoms with Gasteiger partial charge in [-0.25, -0.2) is 0 Å². The van der Waals surface area contributed by atoms with Gasteiger partial charge in [0.05, 0.1) is 0 Å². The molecule has 7 N–H and O–H groups in total. The minimum atomic E-state index is -4.67. The third-order valence-corrected chi connectivity index (χ3v) is 0. The van der Waals surface area contributed by atoms with Gasteiger partial charge < -0.3 is 27.4 Å². The van der Waals surface area contributed by atoms with E-state index in [1.54, 1.807) is 0 Å². The molecular formula is H7O9SV-5. The fraction of sp³-hybridized carbons (Fsp3) is 0. The summed E-state index contributed by atoms with van der Waals surface area (Å²) in [6.07, 6.45) is 0. The van der Waals surface area contributed by atoms with Crippen LogP contribution in [0.4, 0.5) is 0 Å². The van der Waals surface area contributed by atoms with Crippen molar-refractivity contribution in [2.24, 2.45) is 0 Å². The molecule has 0 fully saturated rings. The predicted molar refractivity (Wildman–Crippen MR) is 24.7 cm³/mol. The Labute approximate surface area is 74.4 Å². The van der Waals surface area contributed by atoms with Gasteiger partial charge in [-0.05, 0) is 0 Å². The molecule has 0 aliphatic rings. The smallest absolute Gasteiger partial charge is 0.394 e. The molecule has 0 unspecified atom stereocenters. The zero-order valence-corrected chi connectivity index (χ0v) is 7.04. The summed E-state index contributed by atoms with van der Waals surface area (Å²) in [5.41, 5.74) is 0. The third-order valence-electron chi connectivity index (χ3n) is 0. The third kappa shape index (κ3) is 10800. The number of hydrogen-bond donors (Lipinski definition) is 2. The first-order valence-electron chi connectivity index (χ1n) is 0.698. The molecule has 11 heteroatoms. The Bertz CT molecular complexity index is 92.7. The van der Waals surface area contributed by atoms with E-state index >= 15 is 0 Å². The Kier molecular flexibility index (Phi) is 133. The van der Waals surface area contributed by atoms with Crippen LogP contribution in [-0.2, 0) is 39.9 Å². The maximum Gasteiger partial charge on any atom is 0.394 e. The van der Waals surface area contributed by atoms with Gasteiger partial charge in [-0.2, -0.15) is 8.42 Å². The van der Waals surface area contributed by atoms with E-state index in [0.717, 1.165) is 0 Å². The van der Waals surface area contributed by atoms with E-state index in [4.69, 9.17) is 17.5 Å². The molecule has 0 saturated carbocycles. The molecule has 0 aromatic carbocycles. The van der Waals surface area contributed by atoms with Crippen LogP contribution in [0, 0.1) is 0 Å². The van der Waals surface area contributed by atoms with Crippen LogP contribution in [0.25, 0.3) is 0 Å². The number of rotatable bonds is 0. The van der Waals surface area contributed by atoms with Crippen molar-refractivity contribution >= 4 is 10.4 Å². The standard InChI is InChI=1S/H2O4S.3H2O.2O.V/c1-5(2,3)4;;;;;;/h(H2,1,2,3,4);3*1H2;;;/q;;;;2*-2;/p-1. The Morgan fingerprint density at radius 3 is 0.909 bits per heavy atom. The molecule has 0 aromatic rings. The average molecular weight is 234 g/mol. The fourth-order valence-corrected chi connectivity index (χ4v) is 0. The molecule has 0 aliphatic heterocycles. The molecule has 77 valence electrons. The van der Waals surface area contributed by atoms with Gasteiger partial charge in [-0.3, -0.25) is 9.11 Å². The largest absolute Gasteiger partial charge is 2.00 e. The summed E-state index contributed by atoms with van der Waals surface area (Å²) >= 11 is 0. The van der Waals surface area contributed by atoms with Crippen molar-refractivity contribution in [3.63, 3.8) is 0 Å². The fourth-order valence-electron chi connectivity index (χ4n) is 0. The first-order chi connectivity index (χ1) is 2.00. The molecule has 0 heterocycles. The molecule has 0 bridgehead atoms. The van der Waals surface area contributed by atoms with Crippen LogP contribution in [0.1, 0.15) is 0 Å². The van der Waals surface area contributed by atoms with Gasteiger partial charge in [-0.15, -0.1) is 0 Å². The quantitative estimate of drug-likeness (QED) is 0.424. The molecule has 0 rings (SSSR count). The maximum absolute atomic E-state index is 8.74. The van der Waals surface area contributed by atoms with Crippen molar-refractivity contribution in [3.05, 3.63) is 0 Å². The van der Waals surface area contributed by atoms with Crippen LogP contribution < -0.4 is 0 Å². The zero-order chi connectivity index (χ0) is 4.50. The molecule has 0 saturated heterocycles. The van der Waals surface area contributed by atoms with E-state index in [1.165, 1.54) is 0 Å². The topological polar surface area (TPSA) is 225 Å². The Hall–Kier alpha value is 0.254. The van der Waals surface area contributed by atoms with Gasteiger partial charge in [0.25, 0.3) is 0 Å². The SMILES string of the molecule is O.O.O=S(=O)(O)O.[O-2].[O-2].[OH-].[V]. The first-order valence-corrected chi connectivity index (χ1v) is 2.10. The summed E-state index contributed by atoms with van der Waals surface area (Å²) in [7, 11) is -4.67. The van der Waals surface area contributed by atoms with E-state index < -0.39 is 10.4 Å². The summed E-state index contributed by atoms with van der Waals surface area (Å²) in [6, 6.07) is 0. The predicted octanol–water partition coefficient (Wildman–Crippen LogP) is -2.72. The van der Waals surface area contributed by atoms with Gasteiger partial charge in [0.2, 0.25) is 0 Å². The summed E-state index contributed by atoms with van der Waals surface area (Å²) < 4.78 is 31.6. The minimum absolute atomic E-state index is 0. The van der Waals surface area contributed by atoms with E-state index in [0.29, 0.717) is 0 Å². The average Bonchev–Trinajstić information content (AvgIpc) is 0.722. The van der Waals surface area contributed by atoms with Crippen molar-refractivity contribution in [1.29, 1.82) is 0 Å². The van der Waals surface area contributed by atoms with Crippen molar-refractivity contribution in [1.82, 2.24) is 0 Å². The van der Waals surface area contributed by atoms with E-state index in [9.17, 15) is 0 Å². The summed E-state index contributed by atoms with van der Waals surface area (Å²) in [5, 5.41) is 0. The van der Waals surface area contributed by atoms with Crippen molar-refractivity contribution in [2.45, 2.75) is 0 Å². The molecule has 0 aliphatic carbocycles. The molecule has 1 radical (unpaired) electrons. The first kappa shape index (κ1) is 65.4. The van der Waals surface area contributed by atoms with Crippen LogP contribution >= 0.6 is 0 Å². The molecule has 0 amide bonds. The number of hydrogen-bond acceptors (Lipinski definition) is 3. The molecular weight excluding hydrogens is 227 g/mol. The Morgan fingerprint density at radius 1 is 0.909 bits per heavy atom. The monoisotopic (exact) mass is 234 g/mol. The second-order valence-electron chi connectivity index (χ2n) is 0.448. The van der Waals surface area contributed by atoms with Gasteiger partial charge in [0, 0.05) is 18.6 Å².